The number of rotatable bonds is 5. The number of likely N-dealkylation sites (tertiary alicyclic amines) is 1. The number of amides is 1. The molecule has 0 spiro atoms. The first-order chi connectivity index (χ1) is 14.2. The van der Waals surface area contributed by atoms with Crippen LogP contribution in [-0.2, 0) is 4.79 Å². The zero-order valence-electron chi connectivity index (χ0n) is 16.5. The number of carboxylic acids is 1. The molecule has 0 unspecified atom stereocenters. The Balaban J connectivity index is 1.31. The lowest BCUT2D eigenvalue weighted by molar-refractivity contribution is -0.308. The van der Waals surface area contributed by atoms with Crippen molar-refractivity contribution in [3.63, 3.8) is 0 Å². The Morgan fingerprint density at radius 3 is 2.63 bits per heavy atom. The van der Waals surface area contributed by atoms with Gasteiger partial charge >= 0.3 is 18.6 Å². The molecule has 3 aliphatic heterocycles. The van der Waals surface area contributed by atoms with Gasteiger partial charge in [0.1, 0.15) is 23.5 Å². The molecule has 4 atom stereocenters. The van der Waals surface area contributed by atoms with Crippen LogP contribution in [0, 0.1) is 0 Å². The van der Waals surface area contributed by atoms with Gasteiger partial charge < -0.3 is 29.9 Å². The second kappa shape index (κ2) is 6.93. The molecule has 1 aliphatic carbocycles. The first kappa shape index (κ1) is 19.8. The highest BCUT2D eigenvalue weighted by molar-refractivity contribution is 6.61. The lowest BCUT2D eigenvalue weighted by atomic mass is 9.46. The number of quaternary nitrogens is 1. The summed E-state index contributed by atoms with van der Waals surface area (Å²) in [7, 11) is 0. The molecule has 10 nitrogen and oxygen atoms in total. The van der Waals surface area contributed by atoms with E-state index in [4.69, 9.17) is 9.39 Å². The largest absolute Gasteiger partial charge is 0.669 e. The van der Waals surface area contributed by atoms with Crippen LogP contribution in [0.3, 0.4) is 0 Å². The second-order valence-electron chi connectivity index (χ2n) is 8.90. The van der Waals surface area contributed by atoms with Crippen LogP contribution in [0.2, 0.25) is 5.82 Å². The summed E-state index contributed by atoms with van der Waals surface area (Å²) < 4.78 is 11.4. The Morgan fingerprint density at radius 1 is 1.27 bits per heavy atom. The van der Waals surface area contributed by atoms with E-state index in [-0.39, 0.29) is 52.9 Å². The number of carboxylic acid groups (broad SMARTS) is 1. The van der Waals surface area contributed by atoms with E-state index in [9.17, 15) is 24.7 Å². The molecule has 0 bridgehead atoms. The minimum absolute atomic E-state index is 0.0129. The van der Waals surface area contributed by atoms with Crippen LogP contribution in [0.1, 0.15) is 41.1 Å². The molecule has 0 radical (unpaired) electrons. The van der Waals surface area contributed by atoms with Gasteiger partial charge in [0.25, 0.3) is 0 Å². The topological polar surface area (TPSA) is 156 Å². The van der Waals surface area contributed by atoms with Gasteiger partial charge in [-0.05, 0) is 24.0 Å². The molecule has 3 heterocycles. The standard InChI is InChI=1S/C19H25BN3O7/c21-18(24)14-5-9(6-22-14)23-7-10(8-23)29-15-4-2-12-11-1-3-13(11)20(27,28)30-17(12)16(15)19(25)26/h2,4,9-11,13-14,22,27-28H,1,3,5-8H2,(H2,21,24)(H,25,26)/q-1/p+1/t9-,11+,13+,14-/m0/s1. The van der Waals surface area contributed by atoms with Crippen molar-refractivity contribution < 1.29 is 39.9 Å². The second-order valence-corrected chi connectivity index (χ2v) is 8.90. The average molecular weight is 419 g/mol. The zero-order chi connectivity index (χ0) is 21.2. The Morgan fingerprint density at radius 2 is 2.03 bits per heavy atom. The first-order valence-corrected chi connectivity index (χ1v) is 10.4. The van der Waals surface area contributed by atoms with E-state index >= 15 is 0 Å². The van der Waals surface area contributed by atoms with Crippen LogP contribution in [0.25, 0.3) is 0 Å². The van der Waals surface area contributed by atoms with E-state index in [2.05, 4.69) is 16.0 Å². The molecule has 30 heavy (non-hydrogen) atoms. The summed E-state index contributed by atoms with van der Waals surface area (Å²) in [6.45, 7) is -1.13. The molecule has 1 amide bonds. The van der Waals surface area contributed by atoms with E-state index in [0.29, 0.717) is 38.0 Å². The molecular formula is C19H26BN3O7. The third-order valence-corrected chi connectivity index (χ3v) is 7.12. The number of ether oxygens (including phenoxy) is 1. The average Bonchev–Trinajstić information content (AvgIpc) is 3.06. The Kier molecular flexibility index (Phi) is 4.56. The third-order valence-electron chi connectivity index (χ3n) is 7.12. The number of fused-ring (bicyclic) bond motifs is 3. The summed E-state index contributed by atoms with van der Waals surface area (Å²) in [5.41, 5.74) is 4.01. The van der Waals surface area contributed by atoms with Gasteiger partial charge in [-0.1, -0.05) is 24.7 Å². The molecule has 0 aromatic heterocycles. The summed E-state index contributed by atoms with van der Waals surface area (Å²) in [6, 6.07) is 3.45. The minimum atomic E-state index is -3.09. The van der Waals surface area contributed by atoms with Crippen LogP contribution in [0.15, 0.2) is 12.1 Å². The van der Waals surface area contributed by atoms with Crippen LogP contribution in [0.4, 0.5) is 0 Å². The van der Waals surface area contributed by atoms with Crippen LogP contribution < -0.4 is 20.4 Å². The zero-order valence-corrected chi connectivity index (χ0v) is 16.5. The molecule has 1 aromatic rings. The van der Waals surface area contributed by atoms with Gasteiger partial charge in [0.15, 0.2) is 0 Å². The van der Waals surface area contributed by atoms with Crippen LogP contribution in [0.5, 0.6) is 11.5 Å². The fraction of sp³-hybridized carbons (Fsp3) is 0.579. The summed E-state index contributed by atoms with van der Waals surface area (Å²) in [5.74, 6) is -1.64. The highest BCUT2D eigenvalue weighted by Gasteiger charge is 2.50. The van der Waals surface area contributed by atoms with Crippen molar-refractivity contribution in [2.75, 3.05) is 19.6 Å². The van der Waals surface area contributed by atoms with E-state index in [1.807, 2.05) is 0 Å². The number of benzene rings is 1. The quantitative estimate of drug-likeness (QED) is 0.359. The van der Waals surface area contributed by atoms with Crippen molar-refractivity contribution in [3.8, 4) is 11.5 Å². The number of nitrogens with zero attached hydrogens (tertiary/aromatic N) is 1. The maximum absolute atomic E-state index is 12.0. The number of carbonyl (C=O) groups excluding carboxylic acids is 1. The van der Waals surface area contributed by atoms with E-state index < -0.39 is 12.7 Å². The van der Waals surface area contributed by atoms with Crippen molar-refractivity contribution in [2.24, 2.45) is 0 Å². The molecule has 1 aromatic carbocycles. The summed E-state index contributed by atoms with van der Waals surface area (Å²) >= 11 is 0. The van der Waals surface area contributed by atoms with E-state index in [1.54, 1.807) is 12.1 Å². The maximum Gasteiger partial charge on any atom is 0.434 e. The van der Waals surface area contributed by atoms with Gasteiger partial charge in [0.2, 0.25) is 0 Å². The molecule has 4 aliphatic rings. The smallest absolute Gasteiger partial charge is 0.434 e. The third kappa shape index (κ3) is 3.09. The molecule has 3 fully saturated rings. The number of hydrogen-bond acceptors (Lipinski definition) is 8. The van der Waals surface area contributed by atoms with Gasteiger partial charge in [-0.25, -0.2) is 9.59 Å². The Hall–Kier alpha value is -2.18. The van der Waals surface area contributed by atoms with Crippen molar-refractivity contribution in [3.05, 3.63) is 23.3 Å². The SMILES string of the molecule is [NH3+]C(=O)[C@@H]1C[C@H](N2CC(Oc3ccc4c(c3C(=O)O)O[B-](O)(O)[C@@H]3CC[C@H]43)C2)CN1. The van der Waals surface area contributed by atoms with E-state index in [1.165, 1.54) is 0 Å². The first-order valence-electron chi connectivity index (χ1n) is 10.4. The summed E-state index contributed by atoms with van der Waals surface area (Å²) in [5, 5.41) is 33.5. The fourth-order valence-corrected chi connectivity index (χ4v) is 5.26. The summed E-state index contributed by atoms with van der Waals surface area (Å²) in [4.78, 5) is 25.6. The molecule has 1 saturated carbocycles. The predicted molar refractivity (Wildman–Crippen MR) is 104 cm³/mol. The maximum atomic E-state index is 12.0. The van der Waals surface area contributed by atoms with Crippen molar-refractivity contribution in [1.82, 2.24) is 10.2 Å². The van der Waals surface area contributed by atoms with Gasteiger partial charge in [-0.15, -0.1) is 0 Å². The number of carbonyl (C=O) groups is 2. The number of hydrogen-bond donors (Lipinski definition) is 5. The van der Waals surface area contributed by atoms with Gasteiger partial charge in [0.05, 0.1) is 5.75 Å². The minimum Gasteiger partial charge on any atom is -0.669 e. The number of aromatic carboxylic acids is 1. The lowest BCUT2D eigenvalue weighted by Crippen LogP contribution is -2.64. The molecule has 162 valence electrons. The fourth-order valence-electron chi connectivity index (χ4n) is 5.26. The molecule has 2 saturated heterocycles. The summed E-state index contributed by atoms with van der Waals surface area (Å²) in [6.07, 6.45) is 1.94. The van der Waals surface area contributed by atoms with E-state index in [0.717, 1.165) is 6.42 Å². The van der Waals surface area contributed by atoms with Gasteiger partial charge in [0, 0.05) is 25.7 Å². The molecule has 7 N–H and O–H groups in total. The highest BCUT2D eigenvalue weighted by Crippen LogP contribution is 2.58. The van der Waals surface area contributed by atoms with Gasteiger partial charge in [-0.2, -0.15) is 0 Å². The molecule has 5 rings (SSSR count). The Labute approximate surface area is 172 Å². The monoisotopic (exact) mass is 419 g/mol. The highest BCUT2D eigenvalue weighted by atomic mass is 16.6. The number of nitrogens with one attached hydrogen (secondary N) is 1. The predicted octanol–water partition coefficient (Wildman–Crippen LogP) is -1.49. The molecular weight excluding hydrogens is 393 g/mol. The van der Waals surface area contributed by atoms with Crippen LogP contribution in [-0.4, -0.2) is 76.5 Å². The Bertz CT molecular complexity index is 904. The van der Waals surface area contributed by atoms with Crippen molar-refractivity contribution >= 4 is 18.6 Å². The molecule has 11 heteroatoms. The van der Waals surface area contributed by atoms with Crippen LogP contribution >= 0.6 is 0 Å². The van der Waals surface area contributed by atoms with Gasteiger partial charge in [-0.3, -0.25) is 10.6 Å². The lowest BCUT2D eigenvalue weighted by Gasteiger charge is -2.54. The van der Waals surface area contributed by atoms with Crippen molar-refractivity contribution in [2.45, 2.75) is 49.2 Å². The van der Waals surface area contributed by atoms with Crippen molar-refractivity contribution in [1.29, 1.82) is 0 Å². The normalized spacial score (nSPS) is 32.2.